The predicted molar refractivity (Wildman–Crippen MR) is 70.9 cm³/mol. The molecule has 96 valence electrons. The molecule has 1 fully saturated rings. The molecular formula is C13H29N3. The van der Waals surface area contributed by atoms with Crippen molar-refractivity contribution in [3.05, 3.63) is 0 Å². The summed E-state index contributed by atoms with van der Waals surface area (Å²) in [6, 6.07) is 0. The van der Waals surface area contributed by atoms with E-state index in [1.807, 2.05) is 0 Å². The Morgan fingerprint density at radius 1 is 0.812 bits per heavy atom. The van der Waals surface area contributed by atoms with Gasteiger partial charge in [0.15, 0.2) is 0 Å². The zero-order chi connectivity index (χ0) is 11.5. The van der Waals surface area contributed by atoms with Gasteiger partial charge in [0.2, 0.25) is 0 Å². The van der Waals surface area contributed by atoms with Crippen LogP contribution >= 0.6 is 0 Å². The van der Waals surface area contributed by atoms with E-state index < -0.39 is 0 Å². The number of unbranched alkanes of at least 4 members (excludes halogenated alkanes) is 4. The van der Waals surface area contributed by atoms with E-state index in [9.17, 15) is 0 Å². The van der Waals surface area contributed by atoms with Crippen LogP contribution in [-0.4, -0.2) is 50.7 Å². The highest BCUT2D eigenvalue weighted by Crippen LogP contribution is 2.03. The summed E-state index contributed by atoms with van der Waals surface area (Å²) in [5, 5.41) is 6.93. The largest absolute Gasteiger partial charge is 0.314 e. The molecular weight excluding hydrogens is 198 g/mol. The van der Waals surface area contributed by atoms with Gasteiger partial charge < -0.3 is 15.5 Å². The fourth-order valence-corrected chi connectivity index (χ4v) is 2.18. The second kappa shape index (κ2) is 10.1. The van der Waals surface area contributed by atoms with Gasteiger partial charge in [-0.3, -0.25) is 0 Å². The Balaban J connectivity index is 2.03. The number of hydrogen-bond donors (Lipinski definition) is 2. The maximum absolute atomic E-state index is 3.46. The van der Waals surface area contributed by atoms with Crippen molar-refractivity contribution in [3.8, 4) is 0 Å². The van der Waals surface area contributed by atoms with Crippen molar-refractivity contribution in [3.63, 3.8) is 0 Å². The molecule has 0 aromatic rings. The topological polar surface area (TPSA) is 27.3 Å². The van der Waals surface area contributed by atoms with Crippen LogP contribution in [-0.2, 0) is 0 Å². The summed E-state index contributed by atoms with van der Waals surface area (Å²) in [5.74, 6) is 0. The van der Waals surface area contributed by atoms with Gasteiger partial charge in [-0.2, -0.15) is 0 Å². The Bertz CT molecular complexity index is 140. The Hall–Kier alpha value is -0.120. The van der Waals surface area contributed by atoms with Gasteiger partial charge in [-0.25, -0.2) is 0 Å². The van der Waals surface area contributed by atoms with E-state index in [-0.39, 0.29) is 0 Å². The van der Waals surface area contributed by atoms with E-state index in [1.54, 1.807) is 0 Å². The monoisotopic (exact) mass is 227 g/mol. The molecule has 0 atom stereocenters. The summed E-state index contributed by atoms with van der Waals surface area (Å²) < 4.78 is 0. The molecule has 0 aromatic carbocycles. The third-order valence-corrected chi connectivity index (χ3v) is 3.27. The van der Waals surface area contributed by atoms with Crippen molar-refractivity contribution >= 4 is 0 Å². The zero-order valence-corrected chi connectivity index (χ0v) is 10.9. The van der Waals surface area contributed by atoms with Crippen molar-refractivity contribution in [2.24, 2.45) is 0 Å². The molecule has 3 nitrogen and oxygen atoms in total. The molecule has 0 spiro atoms. The van der Waals surface area contributed by atoms with Gasteiger partial charge >= 0.3 is 0 Å². The molecule has 1 aliphatic heterocycles. The normalized spacial score (nSPS) is 20.1. The fourth-order valence-electron chi connectivity index (χ4n) is 2.18. The first-order valence-corrected chi connectivity index (χ1v) is 7.07. The molecule has 0 aromatic heterocycles. The van der Waals surface area contributed by atoms with Crippen molar-refractivity contribution < 1.29 is 0 Å². The van der Waals surface area contributed by atoms with Gasteiger partial charge in [-0.05, 0) is 13.0 Å². The van der Waals surface area contributed by atoms with Crippen molar-refractivity contribution in [1.29, 1.82) is 0 Å². The minimum atomic E-state index is 1.12. The Morgan fingerprint density at radius 3 is 2.06 bits per heavy atom. The van der Waals surface area contributed by atoms with Crippen molar-refractivity contribution in [2.75, 3.05) is 45.8 Å². The fraction of sp³-hybridized carbons (Fsp3) is 1.00. The molecule has 0 radical (unpaired) electrons. The van der Waals surface area contributed by atoms with Crippen molar-refractivity contribution in [1.82, 2.24) is 15.5 Å². The summed E-state index contributed by atoms with van der Waals surface area (Å²) in [6.07, 6.45) is 6.95. The van der Waals surface area contributed by atoms with E-state index in [4.69, 9.17) is 0 Å². The predicted octanol–water partition coefficient (Wildman–Crippen LogP) is 1.45. The van der Waals surface area contributed by atoms with Gasteiger partial charge in [-0.15, -0.1) is 0 Å². The molecule has 2 N–H and O–H groups in total. The van der Waals surface area contributed by atoms with E-state index >= 15 is 0 Å². The lowest BCUT2D eigenvalue weighted by atomic mass is 10.1. The zero-order valence-electron chi connectivity index (χ0n) is 10.9. The van der Waals surface area contributed by atoms with Crippen LogP contribution in [0.25, 0.3) is 0 Å². The molecule has 1 rings (SSSR count). The first-order valence-electron chi connectivity index (χ1n) is 7.07. The molecule has 0 amide bonds. The van der Waals surface area contributed by atoms with Gasteiger partial charge in [0.25, 0.3) is 0 Å². The van der Waals surface area contributed by atoms with Gasteiger partial charge in [0.05, 0.1) is 0 Å². The molecule has 0 bridgehead atoms. The van der Waals surface area contributed by atoms with Crippen LogP contribution in [0, 0.1) is 0 Å². The SMILES string of the molecule is CCCCCCCN1CCNCCNCC1. The molecule has 1 aliphatic rings. The van der Waals surface area contributed by atoms with Crippen LogP contribution in [0.3, 0.4) is 0 Å². The molecule has 0 aliphatic carbocycles. The molecule has 1 saturated heterocycles. The molecule has 1 heterocycles. The third kappa shape index (κ3) is 7.20. The van der Waals surface area contributed by atoms with Crippen LogP contribution in [0.5, 0.6) is 0 Å². The second-order valence-electron chi connectivity index (χ2n) is 4.76. The Kier molecular flexibility index (Phi) is 8.77. The van der Waals surface area contributed by atoms with E-state index in [0.29, 0.717) is 0 Å². The first kappa shape index (κ1) is 13.9. The van der Waals surface area contributed by atoms with Crippen LogP contribution in [0.1, 0.15) is 39.0 Å². The number of nitrogens with zero attached hydrogens (tertiary/aromatic N) is 1. The smallest absolute Gasteiger partial charge is 0.0107 e. The lowest BCUT2D eigenvalue weighted by Crippen LogP contribution is -2.34. The van der Waals surface area contributed by atoms with Gasteiger partial charge in [0, 0.05) is 39.3 Å². The van der Waals surface area contributed by atoms with Crippen LogP contribution < -0.4 is 10.6 Å². The maximum Gasteiger partial charge on any atom is 0.0107 e. The summed E-state index contributed by atoms with van der Waals surface area (Å²) in [5.41, 5.74) is 0. The molecule has 16 heavy (non-hydrogen) atoms. The highest BCUT2D eigenvalue weighted by molar-refractivity contribution is 4.65. The highest BCUT2D eigenvalue weighted by Gasteiger charge is 2.05. The van der Waals surface area contributed by atoms with E-state index in [1.165, 1.54) is 51.7 Å². The Morgan fingerprint density at radius 2 is 1.44 bits per heavy atom. The molecule has 0 unspecified atom stereocenters. The van der Waals surface area contributed by atoms with Crippen molar-refractivity contribution in [2.45, 2.75) is 39.0 Å². The molecule has 0 saturated carbocycles. The van der Waals surface area contributed by atoms with Crippen LogP contribution in [0.2, 0.25) is 0 Å². The van der Waals surface area contributed by atoms with Gasteiger partial charge in [-0.1, -0.05) is 32.6 Å². The molecule has 3 heteroatoms. The lowest BCUT2D eigenvalue weighted by Gasteiger charge is -2.21. The second-order valence-corrected chi connectivity index (χ2v) is 4.76. The van der Waals surface area contributed by atoms with Crippen LogP contribution in [0.15, 0.2) is 0 Å². The third-order valence-electron chi connectivity index (χ3n) is 3.27. The quantitative estimate of drug-likeness (QED) is 0.673. The minimum Gasteiger partial charge on any atom is -0.314 e. The summed E-state index contributed by atoms with van der Waals surface area (Å²) in [4.78, 5) is 2.59. The first-order chi connectivity index (χ1) is 7.93. The average Bonchev–Trinajstić information content (AvgIpc) is 2.42. The average molecular weight is 227 g/mol. The lowest BCUT2D eigenvalue weighted by molar-refractivity contribution is 0.273. The maximum atomic E-state index is 3.46. The number of hydrogen-bond acceptors (Lipinski definition) is 3. The minimum absolute atomic E-state index is 1.12. The van der Waals surface area contributed by atoms with Crippen LogP contribution in [0.4, 0.5) is 0 Å². The highest BCUT2D eigenvalue weighted by atomic mass is 15.2. The Labute approximate surface area is 101 Å². The standard InChI is InChI=1S/C13H29N3/c1-2-3-4-5-6-11-16-12-9-14-7-8-15-10-13-16/h14-15H,2-13H2,1H3. The van der Waals surface area contributed by atoms with Gasteiger partial charge in [0.1, 0.15) is 0 Å². The van der Waals surface area contributed by atoms with E-state index in [2.05, 4.69) is 22.5 Å². The summed E-state index contributed by atoms with van der Waals surface area (Å²) in [7, 11) is 0. The number of nitrogens with one attached hydrogen (secondary N) is 2. The summed E-state index contributed by atoms with van der Waals surface area (Å²) in [6.45, 7) is 10.5. The number of rotatable bonds is 6. The summed E-state index contributed by atoms with van der Waals surface area (Å²) >= 11 is 0. The van der Waals surface area contributed by atoms with E-state index in [0.717, 1.165) is 26.2 Å².